The predicted octanol–water partition coefficient (Wildman–Crippen LogP) is 4.30. The summed E-state index contributed by atoms with van der Waals surface area (Å²) in [4.78, 5) is 50.0. The van der Waals surface area contributed by atoms with Crippen LogP contribution in [-0.2, 0) is 16.2 Å². The summed E-state index contributed by atoms with van der Waals surface area (Å²) in [5.41, 5.74) is 1.23. The van der Waals surface area contributed by atoms with Gasteiger partial charge in [-0.3, -0.25) is 14.9 Å². The number of amides is 4. The molecule has 2 heterocycles. The first kappa shape index (κ1) is 24.7. The van der Waals surface area contributed by atoms with E-state index in [2.05, 4.69) is 21.2 Å². The van der Waals surface area contributed by atoms with E-state index in [0.29, 0.717) is 34.1 Å². The number of carboxylic acids is 1. The van der Waals surface area contributed by atoms with E-state index in [0.717, 1.165) is 9.37 Å². The number of ether oxygens (including phenoxy) is 2. The molecule has 0 spiro atoms. The Labute approximate surface area is 213 Å². The number of carbonyl (C=O) groups excluding carboxylic acids is 3. The minimum Gasteiger partial charge on any atom is -0.493 e. The zero-order chi connectivity index (χ0) is 26.0. The molecule has 0 radical (unpaired) electrons. The van der Waals surface area contributed by atoms with Gasteiger partial charge >= 0.3 is 12.0 Å². The molecule has 0 unspecified atom stereocenters. The Morgan fingerprint density at radius 3 is 2.56 bits per heavy atom. The molecule has 4 rings (SSSR count). The van der Waals surface area contributed by atoms with Gasteiger partial charge in [0, 0.05) is 4.47 Å². The van der Waals surface area contributed by atoms with Crippen LogP contribution in [0.5, 0.6) is 11.5 Å². The number of halogens is 1. The van der Waals surface area contributed by atoms with Crippen LogP contribution in [0.2, 0.25) is 0 Å². The Hall–Kier alpha value is -4.38. The van der Waals surface area contributed by atoms with Crippen LogP contribution in [0.15, 0.2) is 63.0 Å². The smallest absolute Gasteiger partial charge is 0.371 e. The lowest BCUT2D eigenvalue weighted by Gasteiger charge is -2.27. The zero-order valence-electron chi connectivity index (χ0n) is 19.0. The van der Waals surface area contributed by atoms with Crippen molar-refractivity contribution in [2.24, 2.45) is 0 Å². The van der Waals surface area contributed by atoms with Crippen LogP contribution in [0.4, 0.5) is 10.5 Å². The molecule has 0 aliphatic carbocycles. The van der Waals surface area contributed by atoms with Gasteiger partial charge in [0.1, 0.15) is 17.9 Å². The van der Waals surface area contributed by atoms with E-state index < -0.39 is 23.8 Å². The van der Waals surface area contributed by atoms with Crippen LogP contribution < -0.4 is 19.7 Å². The molecule has 4 amide bonds. The SMILES string of the molecule is COc1cc(/C=C2\C(=O)NC(=O)N(c3ccc(Br)cc3C)C2=O)ccc1OCc1ccc(C(=O)O)o1. The number of aryl methyl sites for hydroxylation is 1. The Kier molecular flexibility index (Phi) is 6.93. The van der Waals surface area contributed by atoms with E-state index in [1.165, 1.54) is 25.3 Å². The molecule has 1 fully saturated rings. The highest BCUT2D eigenvalue weighted by molar-refractivity contribution is 9.10. The average molecular weight is 555 g/mol. The van der Waals surface area contributed by atoms with E-state index in [9.17, 15) is 19.2 Å². The Balaban J connectivity index is 1.59. The van der Waals surface area contributed by atoms with Gasteiger partial charge in [-0.25, -0.2) is 14.5 Å². The van der Waals surface area contributed by atoms with Crippen molar-refractivity contribution >= 4 is 51.5 Å². The number of imide groups is 2. The topological polar surface area (TPSA) is 135 Å². The second-order valence-electron chi connectivity index (χ2n) is 7.66. The first-order valence-electron chi connectivity index (χ1n) is 10.5. The van der Waals surface area contributed by atoms with Gasteiger partial charge in [-0.1, -0.05) is 22.0 Å². The second kappa shape index (κ2) is 10.1. The average Bonchev–Trinajstić information content (AvgIpc) is 3.31. The van der Waals surface area contributed by atoms with Gasteiger partial charge in [-0.05, 0) is 66.6 Å². The maximum atomic E-state index is 13.2. The minimum atomic E-state index is -1.19. The predicted molar refractivity (Wildman–Crippen MR) is 131 cm³/mol. The number of carbonyl (C=O) groups is 4. The molecule has 2 N–H and O–H groups in total. The van der Waals surface area contributed by atoms with E-state index >= 15 is 0 Å². The monoisotopic (exact) mass is 554 g/mol. The van der Waals surface area contributed by atoms with Crippen molar-refractivity contribution in [1.82, 2.24) is 5.32 Å². The first-order valence-corrected chi connectivity index (χ1v) is 11.3. The highest BCUT2D eigenvalue weighted by Crippen LogP contribution is 2.31. The van der Waals surface area contributed by atoms with Crippen molar-refractivity contribution in [2.75, 3.05) is 12.0 Å². The number of methoxy groups -OCH3 is 1. The highest BCUT2D eigenvalue weighted by Gasteiger charge is 2.37. The summed E-state index contributed by atoms with van der Waals surface area (Å²) in [6, 6.07) is 11.8. The molecular formula is C25H19BrN2O8. The van der Waals surface area contributed by atoms with Gasteiger partial charge in [-0.15, -0.1) is 0 Å². The van der Waals surface area contributed by atoms with Crippen molar-refractivity contribution in [1.29, 1.82) is 0 Å². The summed E-state index contributed by atoms with van der Waals surface area (Å²) in [5.74, 6) is -2.04. The molecule has 10 nitrogen and oxygen atoms in total. The molecule has 2 aromatic carbocycles. The number of hydrogen-bond acceptors (Lipinski definition) is 7. The molecular weight excluding hydrogens is 536 g/mol. The third kappa shape index (κ3) is 5.01. The molecule has 1 saturated heterocycles. The molecule has 0 saturated carbocycles. The van der Waals surface area contributed by atoms with Crippen LogP contribution in [0.3, 0.4) is 0 Å². The van der Waals surface area contributed by atoms with E-state index in [4.69, 9.17) is 19.0 Å². The number of aromatic carboxylic acids is 1. The lowest BCUT2D eigenvalue weighted by Crippen LogP contribution is -2.54. The van der Waals surface area contributed by atoms with Gasteiger partial charge in [0.05, 0.1) is 12.8 Å². The number of urea groups is 1. The van der Waals surface area contributed by atoms with Crippen LogP contribution in [0, 0.1) is 6.92 Å². The normalized spacial score (nSPS) is 14.7. The number of carboxylic acid groups (broad SMARTS) is 1. The van der Waals surface area contributed by atoms with E-state index in [1.807, 2.05) is 0 Å². The number of benzene rings is 2. The standard InChI is InChI=1S/C25H19BrN2O8/c1-13-9-15(26)4-6-18(13)28-23(30)17(22(29)27-25(28)33)10-14-3-7-19(21(11-14)34-2)35-12-16-5-8-20(36-16)24(31)32/h3-11H,12H2,1-2H3,(H,31,32)(H,27,29,33)/b17-10+. The zero-order valence-corrected chi connectivity index (χ0v) is 20.6. The molecule has 0 atom stereocenters. The Bertz CT molecular complexity index is 1430. The van der Waals surface area contributed by atoms with Gasteiger partial charge in [0.15, 0.2) is 11.5 Å². The molecule has 36 heavy (non-hydrogen) atoms. The van der Waals surface area contributed by atoms with Crippen LogP contribution >= 0.6 is 15.9 Å². The van der Waals surface area contributed by atoms with Gasteiger partial charge in [0.2, 0.25) is 5.76 Å². The number of barbiturate groups is 1. The van der Waals surface area contributed by atoms with Gasteiger partial charge in [0.25, 0.3) is 11.8 Å². The highest BCUT2D eigenvalue weighted by atomic mass is 79.9. The molecule has 1 aliphatic rings. The number of furan rings is 1. The maximum Gasteiger partial charge on any atom is 0.371 e. The fourth-order valence-electron chi connectivity index (χ4n) is 3.53. The number of nitrogens with one attached hydrogen (secondary N) is 1. The van der Waals surface area contributed by atoms with Crippen molar-refractivity contribution in [3.05, 3.63) is 81.2 Å². The van der Waals surface area contributed by atoms with Crippen molar-refractivity contribution < 1.29 is 38.2 Å². The van der Waals surface area contributed by atoms with Crippen LogP contribution in [0.1, 0.15) is 27.4 Å². The molecule has 0 bridgehead atoms. The van der Waals surface area contributed by atoms with E-state index in [-0.39, 0.29) is 17.9 Å². The molecule has 184 valence electrons. The van der Waals surface area contributed by atoms with Crippen molar-refractivity contribution in [3.8, 4) is 11.5 Å². The molecule has 1 aliphatic heterocycles. The second-order valence-corrected chi connectivity index (χ2v) is 8.57. The largest absolute Gasteiger partial charge is 0.493 e. The quantitative estimate of drug-likeness (QED) is 0.326. The maximum absolute atomic E-state index is 13.2. The molecule has 11 heteroatoms. The fourth-order valence-corrected chi connectivity index (χ4v) is 4.00. The number of nitrogens with zero attached hydrogens (tertiary/aromatic N) is 1. The number of rotatable bonds is 7. The van der Waals surface area contributed by atoms with Crippen LogP contribution in [0.25, 0.3) is 6.08 Å². The minimum absolute atomic E-state index is 0.0470. The van der Waals surface area contributed by atoms with Gasteiger partial charge < -0.3 is 19.0 Å². The van der Waals surface area contributed by atoms with Crippen molar-refractivity contribution in [2.45, 2.75) is 13.5 Å². The third-order valence-corrected chi connectivity index (χ3v) is 5.74. The number of anilines is 1. The molecule has 1 aromatic heterocycles. The summed E-state index contributed by atoms with van der Waals surface area (Å²) in [6.45, 7) is 1.70. The summed E-state index contributed by atoms with van der Waals surface area (Å²) in [6.07, 6.45) is 1.35. The third-order valence-electron chi connectivity index (χ3n) is 5.24. The Morgan fingerprint density at radius 1 is 1.11 bits per heavy atom. The number of hydrogen-bond donors (Lipinski definition) is 2. The first-order chi connectivity index (χ1) is 17.2. The Morgan fingerprint density at radius 2 is 1.89 bits per heavy atom. The van der Waals surface area contributed by atoms with Crippen molar-refractivity contribution in [3.63, 3.8) is 0 Å². The molecule has 3 aromatic rings. The summed E-state index contributed by atoms with van der Waals surface area (Å²) in [7, 11) is 1.42. The fraction of sp³-hybridized carbons (Fsp3) is 0.120. The lowest BCUT2D eigenvalue weighted by molar-refractivity contribution is -0.122. The van der Waals surface area contributed by atoms with E-state index in [1.54, 1.807) is 43.3 Å². The van der Waals surface area contributed by atoms with Crippen LogP contribution in [-0.4, -0.2) is 36.0 Å². The summed E-state index contributed by atoms with van der Waals surface area (Å²) < 4.78 is 17.0. The summed E-state index contributed by atoms with van der Waals surface area (Å²) >= 11 is 3.35. The lowest BCUT2D eigenvalue weighted by atomic mass is 10.1. The van der Waals surface area contributed by atoms with Gasteiger partial charge in [-0.2, -0.15) is 0 Å². The summed E-state index contributed by atoms with van der Waals surface area (Å²) in [5, 5.41) is 11.2.